The first-order valence-electron chi connectivity index (χ1n) is 7.92. The molecule has 1 fully saturated rings. The standard InChI is InChI=1S/C16H19F3N4O/c1-9-21-13(10-3-5-11(6-4-10)16(17,18)19)12(15(24)22-9)14-20-7-8-23(14)2/h7-8,10-11H,3-6H2,1-2H3,(H,21,22,24)/t10-,11+. The Morgan fingerprint density at radius 1 is 1.25 bits per heavy atom. The van der Waals surface area contributed by atoms with Crippen LogP contribution in [0.2, 0.25) is 0 Å². The van der Waals surface area contributed by atoms with Crippen molar-refractivity contribution in [3.8, 4) is 11.4 Å². The molecule has 3 rings (SSSR count). The number of halogens is 3. The summed E-state index contributed by atoms with van der Waals surface area (Å²) in [6, 6.07) is 0. The Morgan fingerprint density at radius 2 is 1.92 bits per heavy atom. The molecular weight excluding hydrogens is 321 g/mol. The summed E-state index contributed by atoms with van der Waals surface area (Å²) in [7, 11) is 1.77. The number of nitrogens with zero attached hydrogens (tertiary/aromatic N) is 3. The third-order valence-electron chi connectivity index (χ3n) is 4.69. The summed E-state index contributed by atoms with van der Waals surface area (Å²) in [5.74, 6) is -0.465. The van der Waals surface area contributed by atoms with Gasteiger partial charge in [-0.15, -0.1) is 0 Å². The van der Waals surface area contributed by atoms with Crippen LogP contribution in [0.1, 0.15) is 43.1 Å². The van der Waals surface area contributed by atoms with Crippen molar-refractivity contribution < 1.29 is 13.2 Å². The number of aromatic nitrogens is 4. The first-order chi connectivity index (χ1) is 11.3. The number of rotatable bonds is 2. The van der Waals surface area contributed by atoms with Crippen molar-refractivity contribution >= 4 is 0 Å². The highest BCUT2D eigenvalue weighted by Crippen LogP contribution is 2.43. The average molecular weight is 340 g/mol. The third-order valence-corrected chi connectivity index (χ3v) is 4.69. The minimum atomic E-state index is -4.15. The van der Waals surface area contributed by atoms with E-state index < -0.39 is 12.1 Å². The quantitative estimate of drug-likeness (QED) is 0.912. The zero-order valence-corrected chi connectivity index (χ0v) is 13.5. The molecule has 0 aliphatic heterocycles. The summed E-state index contributed by atoms with van der Waals surface area (Å²) in [6.07, 6.45) is 0.0429. The molecule has 0 spiro atoms. The molecule has 0 bridgehead atoms. The summed E-state index contributed by atoms with van der Waals surface area (Å²) >= 11 is 0. The monoisotopic (exact) mass is 340 g/mol. The number of alkyl halides is 3. The van der Waals surface area contributed by atoms with Crippen molar-refractivity contribution in [2.75, 3.05) is 0 Å². The Morgan fingerprint density at radius 3 is 2.46 bits per heavy atom. The van der Waals surface area contributed by atoms with E-state index in [1.807, 2.05) is 0 Å². The van der Waals surface area contributed by atoms with Gasteiger partial charge in [-0.3, -0.25) is 4.79 Å². The van der Waals surface area contributed by atoms with Gasteiger partial charge >= 0.3 is 6.18 Å². The molecule has 1 N–H and O–H groups in total. The SMILES string of the molecule is Cc1nc([C@H]2CC[C@@H](C(F)(F)F)CC2)c(-c2nccn2C)c(=O)[nH]1. The molecule has 8 heteroatoms. The first kappa shape index (κ1) is 16.7. The molecule has 2 aromatic rings. The van der Waals surface area contributed by atoms with Crippen molar-refractivity contribution in [3.63, 3.8) is 0 Å². The maximum atomic E-state index is 12.9. The lowest BCUT2D eigenvalue weighted by molar-refractivity contribution is -0.182. The maximum Gasteiger partial charge on any atom is 0.391 e. The lowest BCUT2D eigenvalue weighted by atomic mass is 9.79. The fourth-order valence-electron chi connectivity index (χ4n) is 3.42. The molecule has 24 heavy (non-hydrogen) atoms. The number of imidazole rings is 1. The molecule has 0 amide bonds. The van der Waals surface area contributed by atoms with E-state index >= 15 is 0 Å². The Bertz CT molecular complexity index is 785. The Labute approximate surface area is 137 Å². The normalized spacial score (nSPS) is 21.9. The van der Waals surface area contributed by atoms with Crippen LogP contribution >= 0.6 is 0 Å². The lowest BCUT2D eigenvalue weighted by Crippen LogP contribution is -2.28. The summed E-state index contributed by atoms with van der Waals surface area (Å²) < 4.78 is 40.3. The highest BCUT2D eigenvalue weighted by Gasteiger charge is 2.42. The number of aryl methyl sites for hydroxylation is 2. The average Bonchev–Trinajstić information content (AvgIpc) is 2.91. The van der Waals surface area contributed by atoms with E-state index in [0.29, 0.717) is 35.7 Å². The Balaban J connectivity index is 1.97. The molecule has 0 saturated heterocycles. The smallest absolute Gasteiger partial charge is 0.334 e. The summed E-state index contributed by atoms with van der Waals surface area (Å²) in [4.78, 5) is 23.8. The second-order valence-electron chi connectivity index (χ2n) is 6.36. The van der Waals surface area contributed by atoms with Gasteiger partial charge in [0.2, 0.25) is 0 Å². The van der Waals surface area contributed by atoms with Gasteiger partial charge in [0.05, 0.1) is 11.6 Å². The van der Waals surface area contributed by atoms with Gasteiger partial charge in [0, 0.05) is 25.4 Å². The van der Waals surface area contributed by atoms with Crippen LogP contribution in [-0.4, -0.2) is 25.7 Å². The summed E-state index contributed by atoms with van der Waals surface area (Å²) in [5, 5.41) is 0. The van der Waals surface area contributed by atoms with Gasteiger partial charge in [-0.2, -0.15) is 13.2 Å². The van der Waals surface area contributed by atoms with Crippen LogP contribution in [0.25, 0.3) is 11.4 Å². The maximum absolute atomic E-state index is 12.9. The molecule has 2 heterocycles. The molecule has 0 atom stereocenters. The molecule has 0 radical (unpaired) electrons. The number of nitrogens with one attached hydrogen (secondary N) is 1. The summed E-state index contributed by atoms with van der Waals surface area (Å²) in [5.41, 5.74) is 0.625. The van der Waals surface area contributed by atoms with Gasteiger partial charge < -0.3 is 9.55 Å². The van der Waals surface area contributed by atoms with Gasteiger partial charge in [0.25, 0.3) is 5.56 Å². The molecule has 5 nitrogen and oxygen atoms in total. The predicted octanol–water partition coefficient (Wildman–Crippen LogP) is 3.31. The van der Waals surface area contributed by atoms with Crippen LogP contribution in [0.5, 0.6) is 0 Å². The van der Waals surface area contributed by atoms with Crippen LogP contribution in [0, 0.1) is 12.8 Å². The van der Waals surface area contributed by atoms with Crippen molar-refractivity contribution in [1.29, 1.82) is 0 Å². The van der Waals surface area contributed by atoms with Gasteiger partial charge in [-0.1, -0.05) is 0 Å². The molecule has 1 aliphatic rings. The minimum absolute atomic E-state index is 0.0711. The first-order valence-corrected chi connectivity index (χ1v) is 7.92. The highest BCUT2D eigenvalue weighted by molar-refractivity contribution is 5.58. The van der Waals surface area contributed by atoms with Crippen LogP contribution in [-0.2, 0) is 7.05 Å². The third kappa shape index (κ3) is 3.09. The van der Waals surface area contributed by atoms with Gasteiger partial charge in [0.1, 0.15) is 17.2 Å². The van der Waals surface area contributed by atoms with Crippen molar-refractivity contribution in [2.45, 2.75) is 44.7 Å². The predicted molar refractivity (Wildman–Crippen MR) is 82.6 cm³/mol. The molecule has 0 unspecified atom stereocenters. The number of hydrogen-bond donors (Lipinski definition) is 1. The van der Waals surface area contributed by atoms with E-state index in [1.165, 1.54) is 0 Å². The van der Waals surface area contributed by atoms with Crippen LogP contribution in [0.3, 0.4) is 0 Å². The van der Waals surface area contributed by atoms with Gasteiger partial charge in [-0.05, 0) is 32.6 Å². The summed E-state index contributed by atoms with van der Waals surface area (Å²) in [6.45, 7) is 1.68. The van der Waals surface area contributed by atoms with E-state index in [4.69, 9.17) is 0 Å². The topological polar surface area (TPSA) is 63.6 Å². The van der Waals surface area contributed by atoms with E-state index in [0.717, 1.165) is 0 Å². The van der Waals surface area contributed by atoms with Crippen LogP contribution < -0.4 is 5.56 Å². The molecule has 2 aromatic heterocycles. The largest absolute Gasteiger partial charge is 0.391 e. The second kappa shape index (κ2) is 6.07. The number of aromatic amines is 1. The number of H-pyrrole nitrogens is 1. The van der Waals surface area contributed by atoms with E-state index in [2.05, 4.69) is 15.0 Å². The van der Waals surface area contributed by atoms with E-state index in [1.54, 1.807) is 30.9 Å². The molecule has 1 aliphatic carbocycles. The molecule has 0 aromatic carbocycles. The highest BCUT2D eigenvalue weighted by atomic mass is 19.4. The zero-order valence-electron chi connectivity index (χ0n) is 13.5. The number of hydrogen-bond acceptors (Lipinski definition) is 3. The van der Waals surface area contributed by atoms with Gasteiger partial charge in [0.15, 0.2) is 0 Å². The van der Waals surface area contributed by atoms with Crippen molar-refractivity contribution in [1.82, 2.24) is 19.5 Å². The molecular formula is C16H19F3N4O. The van der Waals surface area contributed by atoms with Crippen molar-refractivity contribution in [2.24, 2.45) is 13.0 Å². The van der Waals surface area contributed by atoms with E-state index in [9.17, 15) is 18.0 Å². The zero-order chi connectivity index (χ0) is 17.5. The Kier molecular flexibility index (Phi) is 4.23. The fraction of sp³-hybridized carbons (Fsp3) is 0.562. The molecule has 1 saturated carbocycles. The molecule has 130 valence electrons. The second-order valence-corrected chi connectivity index (χ2v) is 6.36. The van der Waals surface area contributed by atoms with Crippen molar-refractivity contribution in [3.05, 3.63) is 34.3 Å². The van der Waals surface area contributed by atoms with Gasteiger partial charge in [-0.25, -0.2) is 9.97 Å². The van der Waals surface area contributed by atoms with E-state index in [-0.39, 0.29) is 24.3 Å². The minimum Gasteiger partial charge on any atom is -0.334 e. The lowest BCUT2D eigenvalue weighted by Gasteiger charge is -2.30. The van der Waals surface area contributed by atoms with Crippen LogP contribution in [0.4, 0.5) is 13.2 Å². The van der Waals surface area contributed by atoms with Crippen LogP contribution in [0.15, 0.2) is 17.2 Å². The Hall–Kier alpha value is -2.12. The fourth-order valence-corrected chi connectivity index (χ4v) is 3.42.